The Morgan fingerprint density at radius 2 is 1.73 bits per heavy atom. The average Bonchev–Trinajstić information content (AvgIpc) is 2.64. The van der Waals surface area contributed by atoms with E-state index in [1.165, 1.54) is 30.3 Å². The van der Waals surface area contributed by atoms with Gasteiger partial charge in [-0.1, -0.05) is 35.3 Å². The first kappa shape index (κ1) is 22.9. The minimum atomic E-state index is -1.13. The third kappa shape index (κ3) is 6.92. The Labute approximate surface area is 181 Å². The van der Waals surface area contributed by atoms with Crippen molar-refractivity contribution in [2.45, 2.75) is 12.5 Å². The number of guanidine groups is 1. The molecule has 0 spiro atoms. The topological polar surface area (TPSA) is 169 Å². The number of hydrogen-bond acceptors (Lipinski definition) is 5. The van der Waals surface area contributed by atoms with Crippen LogP contribution in [-0.2, 0) is 4.79 Å². The average molecular weight is 453 g/mol. The molecule has 2 rings (SSSR count). The van der Waals surface area contributed by atoms with Gasteiger partial charge in [0.05, 0.1) is 23.7 Å². The highest BCUT2D eigenvalue weighted by atomic mass is 35.5. The minimum Gasteiger partial charge on any atom is -0.481 e. The van der Waals surface area contributed by atoms with Crippen LogP contribution in [0.4, 0.5) is 10.5 Å². The van der Waals surface area contributed by atoms with Crippen LogP contribution in [0.2, 0.25) is 10.0 Å². The molecule has 2 aromatic rings. The van der Waals surface area contributed by atoms with E-state index in [0.29, 0.717) is 15.6 Å². The number of urea groups is 1. The summed E-state index contributed by atoms with van der Waals surface area (Å²) in [6.45, 7) is 0. The fourth-order valence-electron chi connectivity index (χ4n) is 2.49. The molecular formula is C18H18Cl2N6O4. The van der Waals surface area contributed by atoms with Crippen LogP contribution in [0.5, 0.6) is 0 Å². The lowest BCUT2D eigenvalue weighted by Crippen LogP contribution is -2.48. The number of nitrogens with one attached hydrogen (secondary N) is 5. The number of aliphatic carboxylic acids is 1. The Morgan fingerprint density at radius 1 is 1.10 bits per heavy atom. The van der Waals surface area contributed by atoms with E-state index in [9.17, 15) is 14.4 Å². The number of rotatable bonds is 7. The van der Waals surface area contributed by atoms with Gasteiger partial charge in [0.25, 0.3) is 5.91 Å². The van der Waals surface area contributed by atoms with E-state index >= 15 is 0 Å². The van der Waals surface area contributed by atoms with E-state index in [1.807, 2.05) is 0 Å². The fraction of sp³-hybridized carbons (Fsp3) is 0.111. The molecule has 0 aliphatic rings. The lowest BCUT2D eigenvalue weighted by Gasteiger charge is -2.19. The molecule has 0 saturated carbocycles. The Balaban J connectivity index is 2.06. The van der Waals surface area contributed by atoms with Gasteiger partial charge in [0.1, 0.15) is 0 Å². The number of amides is 3. The summed E-state index contributed by atoms with van der Waals surface area (Å²) < 4.78 is 0. The van der Waals surface area contributed by atoms with Crippen LogP contribution in [0.1, 0.15) is 28.4 Å². The van der Waals surface area contributed by atoms with Gasteiger partial charge < -0.3 is 16.2 Å². The van der Waals surface area contributed by atoms with Crippen molar-refractivity contribution >= 4 is 52.8 Å². The third-order valence-electron chi connectivity index (χ3n) is 3.69. The standard InChI is InChI=1S/C18H18Cl2N6O4/c19-10-5-9(6-11(20)7-10)14(8-15(27)28)25-26-18(30)24-16(29)12-3-1-2-4-13(12)23-17(21)22/h1-7,14,25H,8H2,(H,27,28)(H4,21,22,23)(H2,24,26,29,30). The first-order valence-corrected chi connectivity index (χ1v) is 9.16. The number of hydrogen-bond donors (Lipinski definition) is 7. The normalized spacial score (nSPS) is 11.3. The van der Waals surface area contributed by atoms with Crippen LogP contribution >= 0.6 is 23.2 Å². The molecule has 158 valence electrons. The van der Waals surface area contributed by atoms with Crippen LogP contribution in [0.15, 0.2) is 42.5 Å². The molecule has 8 N–H and O–H groups in total. The van der Waals surface area contributed by atoms with Gasteiger partial charge in [-0.15, -0.1) is 0 Å². The summed E-state index contributed by atoms with van der Waals surface area (Å²) in [6, 6.07) is 8.83. The SMILES string of the molecule is N=C(N)Nc1ccccc1C(=O)NC(=O)NNC(CC(=O)O)c1cc(Cl)cc(Cl)c1. The lowest BCUT2D eigenvalue weighted by atomic mass is 10.0. The highest BCUT2D eigenvalue weighted by Gasteiger charge is 2.19. The number of carbonyl (C=O) groups is 3. The zero-order valence-corrected chi connectivity index (χ0v) is 16.8. The number of halogens is 2. The van der Waals surface area contributed by atoms with E-state index < -0.39 is 30.4 Å². The largest absolute Gasteiger partial charge is 0.481 e. The number of nitrogens with two attached hydrogens (primary N) is 1. The molecule has 0 heterocycles. The Bertz CT molecular complexity index is 965. The van der Waals surface area contributed by atoms with Crippen molar-refractivity contribution in [1.29, 1.82) is 5.41 Å². The second kappa shape index (κ2) is 10.4. The highest BCUT2D eigenvalue weighted by molar-refractivity contribution is 6.34. The molecule has 3 amide bonds. The Hall–Kier alpha value is -3.34. The molecule has 0 fully saturated rings. The number of carboxylic acid groups (broad SMARTS) is 1. The maximum atomic E-state index is 12.4. The minimum absolute atomic E-state index is 0.0755. The zero-order valence-electron chi connectivity index (χ0n) is 15.3. The van der Waals surface area contributed by atoms with Crippen LogP contribution < -0.4 is 27.2 Å². The number of imide groups is 1. The van der Waals surface area contributed by atoms with Crippen molar-refractivity contribution in [2.24, 2.45) is 5.73 Å². The number of anilines is 1. The van der Waals surface area contributed by atoms with Crippen LogP contribution in [0.25, 0.3) is 0 Å². The van der Waals surface area contributed by atoms with E-state index in [4.69, 9.17) is 39.5 Å². The molecule has 0 aliphatic carbocycles. The van der Waals surface area contributed by atoms with E-state index in [-0.39, 0.29) is 17.2 Å². The van der Waals surface area contributed by atoms with Crippen molar-refractivity contribution in [3.8, 4) is 0 Å². The van der Waals surface area contributed by atoms with Crippen molar-refractivity contribution in [3.05, 3.63) is 63.6 Å². The molecule has 1 unspecified atom stereocenters. The third-order valence-corrected chi connectivity index (χ3v) is 4.13. The lowest BCUT2D eigenvalue weighted by molar-refractivity contribution is -0.137. The van der Waals surface area contributed by atoms with E-state index in [1.54, 1.807) is 12.1 Å². The van der Waals surface area contributed by atoms with Gasteiger partial charge in [0, 0.05) is 10.0 Å². The van der Waals surface area contributed by atoms with Gasteiger partial charge in [0.2, 0.25) is 0 Å². The molecule has 0 saturated heterocycles. The number of carbonyl (C=O) groups excluding carboxylic acids is 2. The predicted molar refractivity (Wildman–Crippen MR) is 113 cm³/mol. The summed E-state index contributed by atoms with van der Waals surface area (Å²) in [6.07, 6.45) is -0.393. The van der Waals surface area contributed by atoms with Gasteiger partial charge in [-0.3, -0.25) is 25.7 Å². The molecular weight excluding hydrogens is 435 g/mol. The second-order valence-corrected chi connectivity index (χ2v) is 6.86. The van der Waals surface area contributed by atoms with E-state index in [0.717, 1.165) is 0 Å². The summed E-state index contributed by atoms with van der Waals surface area (Å²) in [5.74, 6) is -2.27. The number of carboxylic acids is 1. The molecule has 0 radical (unpaired) electrons. The summed E-state index contributed by atoms with van der Waals surface area (Å²) in [4.78, 5) is 35.6. The molecule has 0 aliphatic heterocycles. The quantitative estimate of drug-likeness (QED) is 0.192. The number of para-hydroxylation sites is 1. The smallest absolute Gasteiger partial charge is 0.336 e. The van der Waals surface area contributed by atoms with Crippen molar-refractivity contribution in [3.63, 3.8) is 0 Å². The fourth-order valence-corrected chi connectivity index (χ4v) is 3.04. The van der Waals surface area contributed by atoms with Gasteiger partial charge in [-0.2, -0.15) is 0 Å². The van der Waals surface area contributed by atoms with Gasteiger partial charge >= 0.3 is 12.0 Å². The monoisotopic (exact) mass is 452 g/mol. The first-order chi connectivity index (χ1) is 14.2. The highest BCUT2D eigenvalue weighted by Crippen LogP contribution is 2.25. The molecule has 0 bridgehead atoms. The van der Waals surface area contributed by atoms with Crippen molar-refractivity contribution in [1.82, 2.24) is 16.2 Å². The summed E-state index contributed by atoms with van der Waals surface area (Å²) in [7, 11) is 0. The molecule has 2 aromatic carbocycles. The molecule has 0 aromatic heterocycles. The Morgan fingerprint density at radius 3 is 2.33 bits per heavy atom. The number of benzene rings is 2. The molecule has 30 heavy (non-hydrogen) atoms. The van der Waals surface area contributed by atoms with Crippen molar-refractivity contribution < 1.29 is 19.5 Å². The Kier molecular flexibility index (Phi) is 7.98. The maximum Gasteiger partial charge on any atom is 0.336 e. The molecule has 10 nitrogen and oxygen atoms in total. The van der Waals surface area contributed by atoms with Crippen LogP contribution in [0, 0.1) is 5.41 Å². The summed E-state index contributed by atoms with van der Waals surface area (Å²) >= 11 is 11.9. The maximum absolute atomic E-state index is 12.4. The summed E-state index contributed by atoms with van der Waals surface area (Å²) in [5.41, 5.74) is 10.8. The second-order valence-electron chi connectivity index (χ2n) is 5.99. The summed E-state index contributed by atoms with van der Waals surface area (Å²) in [5, 5.41) is 21.6. The van der Waals surface area contributed by atoms with E-state index in [2.05, 4.69) is 21.5 Å². The van der Waals surface area contributed by atoms with Gasteiger partial charge in [0.15, 0.2) is 5.96 Å². The molecule has 1 atom stereocenters. The number of hydrazine groups is 1. The van der Waals surface area contributed by atoms with Gasteiger partial charge in [-0.25, -0.2) is 10.2 Å². The van der Waals surface area contributed by atoms with Crippen LogP contribution in [0.3, 0.4) is 0 Å². The zero-order chi connectivity index (χ0) is 22.3. The van der Waals surface area contributed by atoms with Crippen LogP contribution in [-0.4, -0.2) is 29.0 Å². The predicted octanol–water partition coefficient (Wildman–Crippen LogP) is 2.46. The van der Waals surface area contributed by atoms with Gasteiger partial charge in [-0.05, 0) is 35.9 Å². The van der Waals surface area contributed by atoms with Crippen molar-refractivity contribution in [2.75, 3.05) is 5.32 Å². The molecule has 12 heteroatoms. The first-order valence-electron chi connectivity index (χ1n) is 8.40.